The number of hydrogen-bond acceptors (Lipinski definition) is 4. The van der Waals surface area contributed by atoms with Crippen molar-refractivity contribution in [2.24, 2.45) is 7.05 Å². The minimum atomic E-state index is -0.210. The van der Waals surface area contributed by atoms with Gasteiger partial charge in [-0.3, -0.25) is 0 Å². The summed E-state index contributed by atoms with van der Waals surface area (Å²) in [4.78, 5) is 0. The van der Waals surface area contributed by atoms with Crippen LogP contribution < -0.4 is 4.74 Å². The van der Waals surface area contributed by atoms with Gasteiger partial charge in [0.2, 0.25) is 0 Å². The second kappa shape index (κ2) is 7.68. The zero-order chi connectivity index (χ0) is 16.9. The van der Waals surface area contributed by atoms with E-state index in [2.05, 4.69) is 10.2 Å². The first-order chi connectivity index (χ1) is 11.6. The number of aromatic nitrogens is 3. The molecule has 0 aliphatic heterocycles. The molecular formula is C17H15ClFN3OS. The van der Waals surface area contributed by atoms with Gasteiger partial charge in [-0.15, -0.1) is 10.2 Å². The lowest BCUT2D eigenvalue weighted by atomic mass is 10.2. The van der Waals surface area contributed by atoms with Crippen LogP contribution in [0.1, 0.15) is 11.4 Å². The summed E-state index contributed by atoms with van der Waals surface area (Å²) in [6, 6.07) is 13.9. The predicted octanol–water partition coefficient (Wildman–Crippen LogP) is 4.48. The summed E-state index contributed by atoms with van der Waals surface area (Å²) in [5.74, 6) is 1.69. The Morgan fingerprint density at radius 3 is 2.62 bits per heavy atom. The monoisotopic (exact) mass is 363 g/mol. The van der Waals surface area contributed by atoms with Crippen LogP contribution in [0, 0.1) is 5.82 Å². The first-order valence-corrected chi connectivity index (χ1v) is 8.62. The van der Waals surface area contributed by atoms with Crippen LogP contribution in [0.3, 0.4) is 0 Å². The van der Waals surface area contributed by atoms with Crippen molar-refractivity contribution in [3.05, 3.63) is 70.8 Å². The van der Waals surface area contributed by atoms with Crippen molar-refractivity contribution in [2.75, 3.05) is 0 Å². The zero-order valence-electron chi connectivity index (χ0n) is 12.9. The molecule has 124 valence electrons. The number of nitrogens with zero attached hydrogens (tertiary/aromatic N) is 3. The molecule has 0 saturated carbocycles. The molecule has 0 saturated heterocycles. The van der Waals surface area contributed by atoms with E-state index in [0.29, 0.717) is 39.7 Å². The quantitative estimate of drug-likeness (QED) is 0.605. The largest absolute Gasteiger partial charge is 0.486 e. The van der Waals surface area contributed by atoms with Crippen molar-refractivity contribution in [1.82, 2.24) is 14.8 Å². The van der Waals surface area contributed by atoms with Crippen LogP contribution in [0.25, 0.3) is 0 Å². The molecule has 0 aliphatic rings. The normalized spacial score (nSPS) is 10.8. The molecule has 2 aromatic carbocycles. The van der Waals surface area contributed by atoms with Gasteiger partial charge >= 0.3 is 0 Å². The molecule has 0 atom stereocenters. The third-order valence-corrected chi connectivity index (χ3v) is 4.74. The molecule has 1 aromatic heterocycles. The number of rotatable bonds is 6. The number of ether oxygens (including phenoxy) is 1. The Morgan fingerprint density at radius 1 is 1.12 bits per heavy atom. The molecule has 4 nitrogen and oxygen atoms in total. The van der Waals surface area contributed by atoms with Crippen LogP contribution in [0.2, 0.25) is 5.02 Å². The van der Waals surface area contributed by atoms with Gasteiger partial charge in [-0.1, -0.05) is 41.6 Å². The Bertz CT molecular complexity index is 823. The van der Waals surface area contributed by atoms with E-state index in [-0.39, 0.29) is 5.82 Å². The number of halogens is 2. The highest BCUT2D eigenvalue weighted by molar-refractivity contribution is 7.98. The maximum Gasteiger partial charge on any atom is 0.191 e. The standard InChI is InChI=1S/C17H15ClFN3OS/c1-22-16(10-23-14-8-6-13(18)7-9-14)20-21-17(22)24-11-12-4-2-3-5-15(12)19/h2-9H,10-11H2,1H3. The van der Waals surface area contributed by atoms with E-state index in [1.165, 1.54) is 17.8 Å². The number of thioether (sulfide) groups is 1. The van der Waals surface area contributed by atoms with Gasteiger partial charge in [-0.05, 0) is 35.9 Å². The van der Waals surface area contributed by atoms with Crippen molar-refractivity contribution < 1.29 is 9.13 Å². The minimum absolute atomic E-state index is 0.210. The smallest absolute Gasteiger partial charge is 0.191 e. The molecule has 0 radical (unpaired) electrons. The highest BCUT2D eigenvalue weighted by Crippen LogP contribution is 2.23. The first-order valence-electron chi connectivity index (χ1n) is 7.26. The summed E-state index contributed by atoms with van der Waals surface area (Å²) in [5, 5.41) is 9.65. The van der Waals surface area contributed by atoms with E-state index >= 15 is 0 Å². The predicted molar refractivity (Wildman–Crippen MR) is 92.7 cm³/mol. The van der Waals surface area contributed by atoms with Crippen LogP contribution in [-0.4, -0.2) is 14.8 Å². The van der Waals surface area contributed by atoms with Crippen molar-refractivity contribution in [3.8, 4) is 5.75 Å². The number of benzene rings is 2. The van der Waals surface area contributed by atoms with Crippen molar-refractivity contribution in [3.63, 3.8) is 0 Å². The zero-order valence-corrected chi connectivity index (χ0v) is 14.5. The third-order valence-electron chi connectivity index (χ3n) is 3.42. The molecule has 7 heteroatoms. The van der Waals surface area contributed by atoms with E-state index in [9.17, 15) is 4.39 Å². The van der Waals surface area contributed by atoms with E-state index in [1.54, 1.807) is 36.4 Å². The molecule has 0 amide bonds. The fourth-order valence-electron chi connectivity index (χ4n) is 2.03. The Kier molecular flexibility index (Phi) is 5.37. The summed E-state index contributed by atoms with van der Waals surface area (Å²) < 4.78 is 21.2. The van der Waals surface area contributed by atoms with E-state index in [4.69, 9.17) is 16.3 Å². The van der Waals surface area contributed by atoms with E-state index in [0.717, 1.165) is 0 Å². The van der Waals surface area contributed by atoms with E-state index < -0.39 is 0 Å². The second-order valence-corrected chi connectivity index (χ2v) is 6.46. The van der Waals surface area contributed by atoms with Crippen LogP contribution in [0.15, 0.2) is 53.7 Å². The Hall–Kier alpha value is -2.05. The molecule has 3 rings (SSSR count). The van der Waals surface area contributed by atoms with Gasteiger partial charge in [0.1, 0.15) is 18.2 Å². The average Bonchev–Trinajstić information content (AvgIpc) is 2.94. The molecule has 0 unspecified atom stereocenters. The Balaban J connectivity index is 1.61. The van der Waals surface area contributed by atoms with Crippen LogP contribution in [0.5, 0.6) is 5.75 Å². The maximum atomic E-state index is 13.6. The summed E-state index contributed by atoms with van der Waals surface area (Å²) in [5.41, 5.74) is 0.643. The van der Waals surface area contributed by atoms with Crippen LogP contribution >= 0.6 is 23.4 Å². The highest BCUT2D eigenvalue weighted by atomic mass is 35.5. The van der Waals surface area contributed by atoms with Crippen LogP contribution in [-0.2, 0) is 19.4 Å². The molecule has 0 fully saturated rings. The summed E-state index contributed by atoms with van der Waals surface area (Å²) in [6.07, 6.45) is 0. The van der Waals surface area contributed by atoms with Crippen LogP contribution in [0.4, 0.5) is 4.39 Å². The Labute approximate surface area is 148 Å². The van der Waals surface area contributed by atoms with Crippen molar-refractivity contribution in [1.29, 1.82) is 0 Å². The summed E-state index contributed by atoms with van der Waals surface area (Å²) in [6.45, 7) is 0.297. The summed E-state index contributed by atoms with van der Waals surface area (Å²) >= 11 is 7.28. The van der Waals surface area contributed by atoms with Gasteiger partial charge in [0.05, 0.1) is 0 Å². The van der Waals surface area contributed by atoms with E-state index in [1.807, 2.05) is 17.7 Å². The first kappa shape index (κ1) is 16.8. The second-order valence-electron chi connectivity index (χ2n) is 5.08. The summed E-state index contributed by atoms with van der Waals surface area (Å²) in [7, 11) is 1.87. The van der Waals surface area contributed by atoms with Gasteiger partial charge in [0.25, 0.3) is 0 Å². The van der Waals surface area contributed by atoms with Gasteiger partial charge in [0, 0.05) is 17.8 Å². The molecule has 3 aromatic rings. The Morgan fingerprint density at radius 2 is 1.88 bits per heavy atom. The lowest BCUT2D eigenvalue weighted by molar-refractivity contribution is 0.290. The third kappa shape index (κ3) is 4.07. The lowest BCUT2D eigenvalue weighted by Crippen LogP contribution is -2.04. The minimum Gasteiger partial charge on any atom is -0.486 e. The van der Waals surface area contributed by atoms with Crippen molar-refractivity contribution >= 4 is 23.4 Å². The molecule has 1 heterocycles. The fraction of sp³-hybridized carbons (Fsp3) is 0.176. The molecule has 0 N–H and O–H groups in total. The molecule has 0 bridgehead atoms. The topological polar surface area (TPSA) is 39.9 Å². The maximum absolute atomic E-state index is 13.6. The van der Waals surface area contributed by atoms with Crippen molar-refractivity contribution in [2.45, 2.75) is 17.5 Å². The molecule has 0 aliphatic carbocycles. The average molecular weight is 364 g/mol. The molecule has 24 heavy (non-hydrogen) atoms. The molecule has 0 spiro atoms. The lowest BCUT2D eigenvalue weighted by Gasteiger charge is -2.07. The van der Waals surface area contributed by atoms with Gasteiger partial charge < -0.3 is 9.30 Å². The van der Waals surface area contributed by atoms with Gasteiger partial charge in [-0.25, -0.2) is 4.39 Å². The molecular weight excluding hydrogens is 349 g/mol. The highest BCUT2D eigenvalue weighted by Gasteiger charge is 2.11. The fourth-order valence-corrected chi connectivity index (χ4v) is 3.08. The number of hydrogen-bond donors (Lipinski definition) is 0. The van der Waals surface area contributed by atoms with Gasteiger partial charge in [-0.2, -0.15) is 0 Å². The van der Waals surface area contributed by atoms with Gasteiger partial charge in [0.15, 0.2) is 11.0 Å². The SMILES string of the molecule is Cn1c(COc2ccc(Cl)cc2)nnc1SCc1ccccc1F.